The molecule has 0 aliphatic rings. The van der Waals surface area contributed by atoms with Crippen molar-refractivity contribution < 1.29 is 18.3 Å². The van der Waals surface area contributed by atoms with Gasteiger partial charge in [0, 0.05) is 12.4 Å². The number of nitrogens with one attached hydrogen (secondary N) is 1. The highest BCUT2D eigenvalue weighted by Crippen LogP contribution is 2.09. The van der Waals surface area contributed by atoms with E-state index in [0.29, 0.717) is 25.3 Å². The molecule has 124 valence electrons. The minimum atomic E-state index is -3.66. The summed E-state index contributed by atoms with van der Waals surface area (Å²) in [5.74, 6) is -0.267. The number of aromatic nitrogens is 2. The van der Waals surface area contributed by atoms with Gasteiger partial charge in [0.25, 0.3) is 0 Å². The number of hydrogen-bond acceptors (Lipinski definition) is 5. The molecule has 23 heavy (non-hydrogen) atoms. The third kappa shape index (κ3) is 5.16. The number of carbonyl (C=O) groups is 1. The highest BCUT2D eigenvalue weighted by molar-refractivity contribution is 7.89. The predicted octanol–water partition coefficient (Wildman–Crippen LogP) is -0.0526. The maximum Gasteiger partial charge on any atom is 0.323 e. The summed E-state index contributed by atoms with van der Waals surface area (Å²) in [6.45, 7) is 0.982. The van der Waals surface area contributed by atoms with Gasteiger partial charge in [-0.15, -0.1) is 0 Å². The minimum absolute atomic E-state index is 0.0879. The Morgan fingerprint density at radius 2 is 2.00 bits per heavy atom. The molecule has 0 aliphatic heterocycles. The Hall–Kier alpha value is -2.23. The van der Waals surface area contributed by atoms with Crippen molar-refractivity contribution in [2.45, 2.75) is 24.4 Å². The molecular weight excluding hydrogens is 320 g/mol. The van der Waals surface area contributed by atoms with E-state index in [1.54, 1.807) is 29.1 Å². The first-order valence-electron chi connectivity index (χ1n) is 6.90. The average Bonchev–Trinajstić information content (AvgIpc) is 2.89. The Labute approximate surface area is 134 Å². The SMILES string of the molecule is NS(=O)(=O)c1ccc(CCNCc2nccn2CC(=O)O)cc1. The Bertz CT molecular complexity index is 768. The fraction of sp³-hybridized carbons (Fsp3) is 0.286. The van der Waals surface area contributed by atoms with E-state index in [9.17, 15) is 13.2 Å². The van der Waals surface area contributed by atoms with Gasteiger partial charge >= 0.3 is 5.97 Å². The predicted molar refractivity (Wildman–Crippen MR) is 83.1 cm³/mol. The Balaban J connectivity index is 1.82. The lowest BCUT2D eigenvalue weighted by molar-refractivity contribution is -0.137. The van der Waals surface area contributed by atoms with Crippen LogP contribution in [0.2, 0.25) is 0 Å². The van der Waals surface area contributed by atoms with Crippen LogP contribution < -0.4 is 10.5 Å². The second kappa shape index (κ2) is 7.36. The van der Waals surface area contributed by atoms with Gasteiger partial charge in [0.15, 0.2) is 0 Å². The molecule has 1 aromatic heterocycles. The quantitative estimate of drug-likeness (QED) is 0.579. The van der Waals surface area contributed by atoms with Crippen molar-refractivity contribution in [2.24, 2.45) is 5.14 Å². The summed E-state index contributed by atoms with van der Waals surface area (Å²) in [4.78, 5) is 14.9. The summed E-state index contributed by atoms with van der Waals surface area (Å²) in [6, 6.07) is 6.38. The van der Waals surface area contributed by atoms with Crippen LogP contribution in [-0.4, -0.2) is 35.6 Å². The van der Waals surface area contributed by atoms with Gasteiger partial charge in [0.05, 0.1) is 11.4 Å². The first kappa shape index (κ1) is 17.1. The van der Waals surface area contributed by atoms with Gasteiger partial charge in [0.1, 0.15) is 12.4 Å². The lowest BCUT2D eigenvalue weighted by atomic mass is 10.1. The van der Waals surface area contributed by atoms with Crippen molar-refractivity contribution >= 4 is 16.0 Å². The smallest absolute Gasteiger partial charge is 0.323 e. The van der Waals surface area contributed by atoms with Gasteiger partial charge in [-0.1, -0.05) is 12.1 Å². The fourth-order valence-electron chi connectivity index (χ4n) is 2.08. The van der Waals surface area contributed by atoms with Crippen LogP contribution in [0.1, 0.15) is 11.4 Å². The zero-order chi connectivity index (χ0) is 16.9. The largest absolute Gasteiger partial charge is 0.480 e. The van der Waals surface area contributed by atoms with Crippen molar-refractivity contribution in [1.82, 2.24) is 14.9 Å². The van der Waals surface area contributed by atoms with E-state index in [1.165, 1.54) is 12.1 Å². The molecule has 0 amide bonds. The van der Waals surface area contributed by atoms with Crippen molar-refractivity contribution in [3.8, 4) is 0 Å². The summed E-state index contributed by atoms with van der Waals surface area (Å²) in [6.07, 6.45) is 3.88. The number of rotatable bonds is 8. The number of nitrogens with two attached hydrogens (primary N) is 1. The highest BCUT2D eigenvalue weighted by Gasteiger charge is 2.07. The molecule has 0 unspecified atom stereocenters. The van der Waals surface area contributed by atoms with Crippen LogP contribution in [0.3, 0.4) is 0 Å². The number of sulfonamides is 1. The van der Waals surface area contributed by atoms with E-state index in [4.69, 9.17) is 10.2 Å². The Morgan fingerprint density at radius 1 is 1.30 bits per heavy atom. The maximum absolute atomic E-state index is 11.2. The summed E-state index contributed by atoms with van der Waals surface area (Å²) in [5.41, 5.74) is 0.971. The molecule has 0 saturated carbocycles. The van der Waals surface area contributed by atoms with Crippen LogP contribution in [-0.2, 0) is 34.3 Å². The molecule has 8 nitrogen and oxygen atoms in total. The first-order valence-corrected chi connectivity index (χ1v) is 8.45. The van der Waals surface area contributed by atoms with Gasteiger partial charge < -0.3 is 15.0 Å². The summed E-state index contributed by atoms with van der Waals surface area (Å²) in [5, 5.41) is 17.0. The normalized spacial score (nSPS) is 11.5. The molecular formula is C14H18N4O4S. The molecule has 0 fully saturated rings. The van der Waals surface area contributed by atoms with Gasteiger partial charge in [-0.3, -0.25) is 4.79 Å². The zero-order valence-electron chi connectivity index (χ0n) is 12.3. The van der Waals surface area contributed by atoms with E-state index >= 15 is 0 Å². The van der Waals surface area contributed by atoms with Crippen LogP contribution in [0.4, 0.5) is 0 Å². The van der Waals surface area contributed by atoms with Crippen LogP contribution >= 0.6 is 0 Å². The molecule has 9 heteroatoms. The Kier molecular flexibility index (Phi) is 5.48. The summed E-state index contributed by atoms with van der Waals surface area (Å²) < 4.78 is 23.9. The number of nitrogens with zero attached hydrogens (tertiary/aromatic N) is 2. The molecule has 4 N–H and O–H groups in total. The number of hydrogen-bond donors (Lipinski definition) is 3. The van der Waals surface area contributed by atoms with Crippen molar-refractivity contribution in [3.05, 3.63) is 48.0 Å². The number of imidazole rings is 1. The first-order chi connectivity index (χ1) is 10.9. The molecule has 0 saturated heterocycles. The van der Waals surface area contributed by atoms with E-state index in [0.717, 1.165) is 5.56 Å². The van der Waals surface area contributed by atoms with Crippen LogP contribution in [0, 0.1) is 0 Å². The second-order valence-corrected chi connectivity index (χ2v) is 6.54. The van der Waals surface area contributed by atoms with E-state index in [-0.39, 0.29) is 11.4 Å². The zero-order valence-corrected chi connectivity index (χ0v) is 13.2. The lowest BCUT2D eigenvalue weighted by Gasteiger charge is -2.07. The van der Waals surface area contributed by atoms with Crippen LogP contribution in [0.5, 0.6) is 0 Å². The van der Waals surface area contributed by atoms with Gasteiger partial charge in [-0.25, -0.2) is 18.5 Å². The van der Waals surface area contributed by atoms with E-state index in [1.807, 2.05) is 0 Å². The number of carboxylic acid groups (broad SMARTS) is 1. The number of primary sulfonamides is 1. The van der Waals surface area contributed by atoms with Gasteiger partial charge in [-0.05, 0) is 30.7 Å². The van der Waals surface area contributed by atoms with Gasteiger partial charge in [-0.2, -0.15) is 0 Å². The van der Waals surface area contributed by atoms with Crippen LogP contribution in [0.15, 0.2) is 41.6 Å². The molecule has 2 rings (SSSR count). The second-order valence-electron chi connectivity index (χ2n) is 4.98. The lowest BCUT2D eigenvalue weighted by Crippen LogP contribution is -2.21. The number of benzene rings is 1. The van der Waals surface area contributed by atoms with E-state index < -0.39 is 16.0 Å². The van der Waals surface area contributed by atoms with Crippen molar-refractivity contribution in [2.75, 3.05) is 6.54 Å². The third-order valence-corrected chi connectivity index (χ3v) is 4.16. The Morgan fingerprint density at radius 3 is 2.61 bits per heavy atom. The molecule has 0 spiro atoms. The van der Waals surface area contributed by atoms with Crippen molar-refractivity contribution in [1.29, 1.82) is 0 Å². The third-order valence-electron chi connectivity index (χ3n) is 3.23. The molecule has 1 heterocycles. The number of aliphatic carboxylic acids is 1. The van der Waals surface area contributed by atoms with Gasteiger partial charge in [0.2, 0.25) is 10.0 Å². The topological polar surface area (TPSA) is 127 Å². The molecule has 2 aromatic rings. The summed E-state index contributed by atoms with van der Waals surface area (Å²) in [7, 11) is -3.66. The molecule has 1 aromatic carbocycles. The van der Waals surface area contributed by atoms with Crippen LogP contribution in [0.25, 0.3) is 0 Å². The molecule has 0 bridgehead atoms. The molecule has 0 aliphatic carbocycles. The fourth-order valence-corrected chi connectivity index (χ4v) is 2.59. The monoisotopic (exact) mass is 338 g/mol. The van der Waals surface area contributed by atoms with Crippen molar-refractivity contribution in [3.63, 3.8) is 0 Å². The summed E-state index contributed by atoms with van der Waals surface area (Å²) >= 11 is 0. The standard InChI is InChI=1S/C14H18N4O4S/c15-23(21,22)12-3-1-11(2-4-12)5-6-16-9-13-17-7-8-18(13)10-14(19)20/h1-4,7-8,16H,5-6,9-10H2,(H,19,20)(H2,15,21,22). The maximum atomic E-state index is 11.2. The molecule has 0 radical (unpaired) electrons. The number of carboxylic acids is 1. The highest BCUT2D eigenvalue weighted by atomic mass is 32.2. The van der Waals surface area contributed by atoms with E-state index in [2.05, 4.69) is 10.3 Å². The average molecular weight is 338 g/mol. The molecule has 0 atom stereocenters. The minimum Gasteiger partial charge on any atom is -0.480 e.